The average Bonchev–Trinajstić information content (AvgIpc) is 2.58. The fourth-order valence-corrected chi connectivity index (χ4v) is 2.35. The number of aldehydes is 1. The normalized spacial score (nSPS) is 10.5. The minimum absolute atomic E-state index is 0.309. The van der Waals surface area contributed by atoms with Gasteiger partial charge in [-0.3, -0.25) is 14.9 Å². The number of hydrogen-bond acceptors (Lipinski definition) is 4. The van der Waals surface area contributed by atoms with Crippen molar-refractivity contribution in [3.63, 3.8) is 0 Å². The van der Waals surface area contributed by atoms with E-state index in [0.717, 1.165) is 17.2 Å². The van der Waals surface area contributed by atoms with Crippen molar-refractivity contribution < 1.29 is 19.1 Å². The smallest absolute Gasteiger partial charge is 0.321 e. The van der Waals surface area contributed by atoms with Crippen LogP contribution in [0.5, 0.6) is 5.75 Å². The zero-order chi connectivity index (χ0) is 18.2. The van der Waals surface area contributed by atoms with Gasteiger partial charge in [0.25, 0.3) is 5.91 Å². The summed E-state index contributed by atoms with van der Waals surface area (Å²) in [4.78, 5) is 34.8. The molecule has 0 aliphatic carbocycles. The number of hydrogen-bond donors (Lipinski definition) is 2. The topological polar surface area (TPSA) is 84.5 Å². The highest BCUT2D eigenvalue weighted by molar-refractivity contribution is 6.01. The Balaban J connectivity index is 1.92. The Morgan fingerprint density at radius 2 is 1.92 bits per heavy atom. The fourth-order valence-electron chi connectivity index (χ4n) is 2.35. The number of ether oxygens (including phenoxy) is 1. The van der Waals surface area contributed by atoms with Crippen LogP contribution in [0.2, 0.25) is 0 Å². The summed E-state index contributed by atoms with van der Waals surface area (Å²) in [5.74, 6) is 0.199. The molecular weight excluding hydrogens is 320 g/mol. The lowest BCUT2D eigenvalue weighted by Crippen LogP contribution is -2.42. The largest absolute Gasteiger partial charge is 0.483 e. The zero-order valence-corrected chi connectivity index (χ0v) is 14.4. The number of imide groups is 1. The summed E-state index contributed by atoms with van der Waals surface area (Å²) in [6, 6.07) is 10.3. The number of carbonyl (C=O) groups excluding carboxylic acids is 3. The maximum Gasteiger partial charge on any atom is 0.321 e. The number of amides is 3. The molecule has 2 aromatic carbocycles. The molecule has 0 radical (unpaired) electrons. The van der Waals surface area contributed by atoms with Gasteiger partial charge in [0, 0.05) is 6.54 Å². The number of carbonyl (C=O) groups is 3. The summed E-state index contributed by atoms with van der Waals surface area (Å²) in [7, 11) is 0. The molecule has 2 N–H and O–H groups in total. The van der Waals surface area contributed by atoms with Crippen molar-refractivity contribution in [2.75, 3.05) is 13.2 Å². The molecule has 6 nitrogen and oxygen atoms in total. The van der Waals surface area contributed by atoms with Crippen molar-refractivity contribution in [2.45, 2.75) is 20.3 Å². The molecule has 0 unspecified atom stereocenters. The molecule has 6 heteroatoms. The van der Waals surface area contributed by atoms with Crippen LogP contribution in [-0.4, -0.2) is 31.4 Å². The predicted octanol–water partition coefficient (Wildman–Crippen LogP) is 2.90. The molecule has 2 aromatic rings. The maximum atomic E-state index is 11.8. The molecule has 3 amide bonds. The van der Waals surface area contributed by atoms with Gasteiger partial charge in [-0.05, 0) is 29.2 Å². The van der Waals surface area contributed by atoms with E-state index in [-0.39, 0.29) is 6.61 Å². The van der Waals surface area contributed by atoms with Crippen LogP contribution in [0, 0.1) is 5.92 Å². The van der Waals surface area contributed by atoms with Crippen LogP contribution in [0.4, 0.5) is 4.79 Å². The standard InChI is InChI=1S/C19H22N2O4/c1-13(2)9-10-20-19(24)21-18(23)12-25-17-8-7-14-5-3-4-6-15(14)16(17)11-22/h3-8,11,13H,9-10,12H2,1-2H3,(H2,20,21,23,24). The first kappa shape index (κ1) is 18.4. The van der Waals surface area contributed by atoms with Gasteiger partial charge in [-0.15, -0.1) is 0 Å². The Morgan fingerprint density at radius 1 is 1.16 bits per heavy atom. The van der Waals surface area contributed by atoms with Gasteiger partial charge in [0.05, 0.1) is 5.56 Å². The van der Waals surface area contributed by atoms with Gasteiger partial charge >= 0.3 is 6.03 Å². The monoisotopic (exact) mass is 342 g/mol. The van der Waals surface area contributed by atoms with Crippen LogP contribution in [0.15, 0.2) is 36.4 Å². The van der Waals surface area contributed by atoms with E-state index in [4.69, 9.17) is 4.74 Å². The van der Waals surface area contributed by atoms with Crippen LogP contribution in [0.1, 0.15) is 30.6 Å². The molecule has 0 saturated carbocycles. The first-order valence-corrected chi connectivity index (χ1v) is 8.18. The van der Waals surface area contributed by atoms with Gasteiger partial charge in [-0.2, -0.15) is 0 Å². The Labute approximate surface area is 146 Å². The number of benzene rings is 2. The van der Waals surface area contributed by atoms with Crippen LogP contribution in [0.3, 0.4) is 0 Å². The lowest BCUT2D eigenvalue weighted by molar-refractivity contribution is -0.122. The molecule has 132 valence electrons. The summed E-state index contributed by atoms with van der Waals surface area (Å²) < 4.78 is 5.42. The van der Waals surface area contributed by atoms with Crippen LogP contribution in [0.25, 0.3) is 10.8 Å². The minimum atomic E-state index is -0.577. The van der Waals surface area contributed by atoms with E-state index in [1.807, 2.05) is 44.2 Å². The highest BCUT2D eigenvalue weighted by atomic mass is 16.5. The van der Waals surface area contributed by atoms with E-state index >= 15 is 0 Å². The Kier molecular flexibility index (Phi) is 6.51. The average molecular weight is 342 g/mol. The molecule has 0 fully saturated rings. The van der Waals surface area contributed by atoms with Crippen molar-refractivity contribution in [3.8, 4) is 5.75 Å². The molecule has 0 spiro atoms. The third-order valence-electron chi connectivity index (χ3n) is 3.67. The van der Waals surface area contributed by atoms with E-state index < -0.39 is 11.9 Å². The van der Waals surface area contributed by atoms with Crippen LogP contribution < -0.4 is 15.4 Å². The summed E-state index contributed by atoms with van der Waals surface area (Å²) in [5.41, 5.74) is 0.382. The lowest BCUT2D eigenvalue weighted by atomic mass is 10.0. The predicted molar refractivity (Wildman–Crippen MR) is 95.8 cm³/mol. The van der Waals surface area contributed by atoms with Crippen molar-refractivity contribution in [2.24, 2.45) is 5.92 Å². The van der Waals surface area contributed by atoms with Gasteiger partial charge in [-0.25, -0.2) is 4.79 Å². The molecule has 0 atom stereocenters. The van der Waals surface area contributed by atoms with Gasteiger partial charge < -0.3 is 10.1 Å². The van der Waals surface area contributed by atoms with Crippen molar-refractivity contribution in [3.05, 3.63) is 42.0 Å². The third-order valence-corrected chi connectivity index (χ3v) is 3.67. The van der Waals surface area contributed by atoms with Gasteiger partial charge in [0.1, 0.15) is 5.75 Å². The lowest BCUT2D eigenvalue weighted by Gasteiger charge is -2.11. The Bertz CT molecular complexity index is 771. The van der Waals surface area contributed by atoms with Crippen LogP contribution in [-0.2, 0) is 4.79 Å². The SMILES string of the molecule is CC(C)CCNC(=O)NC(=O)COc1ccc2ccccc2c1C=O. The first-order chi connectivity index (χ1) is 12.0. The van der Waals surface area contributed by atoms with Crippen molar-refractivity contribution in [1.82, 2.24) is 10.6 Å². The summed E-state index contributed by atoms with van der Waals surface area (Å²) in [6.45, 7) is 4.24. The molecule has 0 bridgehead atoms. The van der Waals surface area contributed by atoms with E-state index in [1.165, 1.54) is 0 Å². The van der Waals surface area contributed by atoms with Crippen LogP contribution >= 0.6 is 0 Å². The highest BCUT2D eigenvalue weighted by Gasteiger charge is 2.12. The van der Waals surface area contributed by atoms with Crippen molar-refractivity contribution >= 4 is 29.0 Å². The van der Waals surface area contributed by atoms with E-state index in [2.05, 4.69) is 10.6 Å². The van der Waals surface area contributed by atoms with Gasteiger partial charge in [-0.1, -0.05) is 44.2 Å². The van der Waals surface area contributed by atoms with E-state index in [9.17, 15) is 14.4 Å². The molecule has 2 rings (SSSR count). The minimum Gasteiger partial charge on any atom is -0.483 e. The Hall–Kier alpha value is -2.89. The molecule has 0 heterocycles. The van der Waals surface area contributed by atoms with E-state index in [0.29, 0.717) is 30.1 Å². The summed E-state index contributed by atoms with van der Waals surface area (Å²) in [6.07, 6.45) is 1.53. The number of fused-ring (bicyclic) bond motifs is 1. The summed E-state index contributed by atoms with van der Waals surface area (Å²) >= 11 is 0. The molecule has 0 aromatic heterocycles. The Morgan fingerprint density at radius 3 is 2.64 bits per heavy atom. The van der Waals surface area contributed by atoms with E-state index in [1.54, 1.807) is 6.07 Å². The molecule has 0 aliphatic heterocycles. The maximum absolute atomic E-state index is 11.8. The fraction of sp³-hybridized carbons (Fsp3) is 0.316. The second kappa shape index (κ2) is 8.82. The second-order valence-electron chi connectivity index (χ2n) is 6.09. The molecule has 0 aliphatic rings. The highest BCUT2D eigenvalue weighted by Crippen LogP contribution is 2.26. The molecular formula is C19H22N2O4. The van der Waals surface area contributed by atoms with Gasteiger partial charge in [0.15, 0.2) is 12.9 Å². The summed E-state index contributed by atoms with van der Waals surface area (Å²) in [5, 5.41) is 6.46. The number of nitrogens with one attached hydrogen (secondary N) is 2. The van der Waals surface area contributed by atoms with Gasteiger partial charge in [0.2, 0.25) is 0 Å². The molecule has 25 heavy (non-hydrogen) atoms. The quantitative estimate of drug-likeness (QED) is 0.758. The number of urea groups is 1. The van der Waals surface area contributed by atoms with Crippen molar-refractivity contribution in [1.29, 1.82) is 0 Å². The zero-order valence-electron chi connectivity index (χ0n) is 14.4. The number of rotatable bonds is 7. The third kappa shape index (κ3) is 5.31. The first-order valence-electron chi connectivity index (χ1n) is 8.18. The molecule has 0 saturated heterocycles. The second-order valence-corrected chi connectivity index (χ2v) is 6.09.